The summed E-state index contributed by atoms with van der Waals surface area (Å²) in [7, 11) is 0.913. The summed E-state index contributed by atoms with van der Waals surface area (Å²) < 4.78 is 26.4. The zero-order chi connectivity index (χ0) is 24.2. The molecule has 0 aromatic heterocycles. The van der Waals surface area contributed by atoms with Crippen LogP contribution in [0.15, 0.2) is 83.4 Å². The van der Waals surface area contributed by atoms with Gasteiger partial charge in [-0.25, -0.2) is 8.42 Å². The zero-order valence-electron chi connectivity index (χ0n) is 20.5. The summed E-state index contributed by atoms with van der Waals surface area (Å²) in [5.41, 5.74) is 6.75. The van der Waals surface area contributed by atoms with Crippen LogP contribution in [0.25, 0.3) is 0 Å². The van der Waals surface area contributed by atoms with Crippen molar-refractivity contribution in [3.05, 3.63) is 89.7 Å². The normalized spacial score (nSPS) is 20.3. The first-order valence-electron chi connectivity index (χ1n) is 11.2. The van der Waals surface area contributed by atoms with Crippen molar-refractivity contribution < 1.29 is 13.0 Å². The molecule has 5 heteroatoms. The second-order valence-electron chi connectivity index (χ2n) is 10.0. The Kier molecular flexibility index (Phi) is 5.52. The number of benzene rings is 2. The Bertz CT molecular complexity index is 1360. The number of hydrogen-bond acceptors (Lipinski definition) is 3. The fourth-order valence-corrected chi connectivity index (χ4v) is 5.85. The lowest BCUT2D eigenvalue weighted by molar-refractivity contribution is -0.401. The SMILES string of the molecule is CN1/C(=C/C=C/C=C/C2=[N+](C)c3ccccc3C2(C)C)C(C)(C)c2cc(S(C)(=O)=O)ccc21. The quantitative estimate of drug-likeness (QED) is 0.445. The summed E-state index contributed by atoms with van der Waals surface area (Å²) in [5.74, 6) is 0. The standard InChI is InChI=1S/C28H33N2O2S/c1-27(2)21-13-11-12-14-23(21)29(5)25(27)15-9-8-10-16-26-28(3,4)22-19-20(33(7,31)32)17-18-24(22)30(26)6/h8-19H,1-7H3/q+1. The van der Waals surface area contributed by atoms with Gasteiger partial charge in [-0.15, -0.1) is 0 Å². The summed E-state index contributed by atoms with van der Waals surface area (Å²) in [6.45, 7) is 8.80. The summed E-state index contributed by atoms with van der Waals surface area (Å²) in [6, 6.07) is 14.0. The molecule has 0 radical (unpaired) electrons. The van der Waals surface area contributed by atoms with Crippen LogP contribution in [-0.2, 0) is 20.7 Å². The van der Waals surface area contributed by atoms with E-state index in [0.29, 0.717) is 4.90 Å². The molecule has 2 heterocycles. The van der Waals surface area contributed by atoms with Crippen LogP contribution in [0.2, 0.25) is 0 Å². The van der Waals surface area contributed by atoms with E-state index in [2.05, 4.69) is 98.9 Å². The molecule has 2 aromatic carbocycles. The monoisotopic (exact) mass is 461 g/mol. The average molecular weight is 462 g/mol. The third-order valence-corrected chi connectivity index (χ3v) is 8.21. The van der Waals surface area contributed by atoms with Crippen molar-refractivity contribution >= 4 is 26.9 Å². The van der Waals surface area contributed by atoms with Crippen LogP contribution < -0.4 is 4.90 Å². The number of rotatable bonds is 4. The molecule has 0 spiro atoms. The molecule has 33 heavy (non-hydrogen) atoms. The fraction of sp³-hybridized carbons (Fsp3) is 0.321. The van der Waals surface area contributed by atoms with Crippen LogP contribution in [-0.4, -0.2) is 39.1 Å². The van der Waals surface area contributed by atoms with E-state index in [0.717, 1.165) is 16.9 Å². The van der Waals surface area contributed by atoms with Crippen molar-refractivity contribution in [2.45, 2.75) is 43.4 Å². The molecule has 0 atom stereocenters. The molecule has 2 aliphatic heterocycles. The fourth-order valence-electron chi connectivity index (χ4n) is 5.21. The van der Waals surface area contributed by atoms with Gasteiger partial charge in [-0.2, -0.15) is 4.58 Å². The Morgan fingerprint density at radius 2 is 1.61 bits per heavy atom. The largest absolute Gasteiger partial charge is 0.347 e. The Labute approximate surface area is 198 Å². The molecule has 2 aromatic rings. The smallest absolute Gasteiger partial charge is 0.209 e. The third kappa shape index (κ3) is 3.78. The predicted molar refractivity (Wildman–Crippen MR) is 138 cm³/mol. The molecule has 2 aliphatic rings. The minimum atomic E-state index is -3.24. The van der Waals surface area contributed by atoms with Gasteiger partial charge < -0.3 is 4.90 Å². The molecule has 0 N–H and O–H groups in total. The molecular formula is C28H33N2O2S+. The van der Waals surface area contributed by atoms with Gasteiger partial charge in [0.1, 0.15) is 7.05 Å². The molecule has 0 saturated carbocycles. The molecule has 0 aliphatic carbocycles. The van der Waals surface area contributed by atoms with E-state index in [1.807, 2.05) is 19.2 Å². The van der Waals surface area contributed by atoms with Crippen LogP contribution >= 0.6 is 0 Å². The summed E-state index contributed by atoms with van der Waals surface area (Å²) in [5, 5.41) is 0. The number of fused-ring (bicyclic) bond motifs is 2. The highest BCUT2D eigenvalue weighted by atomic mass is 32.2. The summed E-state index contributed by atoms with van der Waals surface area (Å²) in [4.78, 5) is 2.51. The van der Waals surface area contributed by atoms with Crippen LogP contribution in [0.3, 0.4) is 0 Å². The first kappa shape index (κ1) is 23.2. The van der Waals surface area contributed by atoms with E-state index in [1.54, 1.807) is 6.07 Å². The van der Waals surface area contributed by atoms with Gasteiger partial charge in [0.05, 0.1) is 10.3 Å². The number of likely N-dealkylation sites (N-methyl/N-ethyl adjacent to an activating group) is 1. The van der Waals surface area contributed by atoms with Crippen molar-refractivity contribution in [1.29, 1.82) is 0 Å². The van der Waals surface area contributed by atoms with Gasteiger partial charge in [0.25, 0.3) is 0 Å². The predicted octanol–water partition coefficient (Wildman–Crippen LogP) is 5.52. The third-order valence-electron chi connectivity index (χ3n) is 7.10. The van der Waals surface area contributed by atoms with Gasteiger partial charge in [0.15, 0.2) is 15.5 Å². The van der Waals surface area contributed by atoms with Crippen molar-refractivity contribution in [3.63, 3.8) is 0 Å². The van der Waals surface area contributed by atoms with Crippen molar-refractivity contribution in [2.75, 3.05) is 25.3 Å². The maximum atomic E-state index is 12.0. The van der Waals surface area contributed by atoms with E-state index >= 15 is 0 Å². The molecule has 4 rings (SSSR count). The number of nitrogens with zero attached hydrogens (tertiary/aromatic N) is 2. The van der Waals surface area contributed by atoms with Crippen molar-refractivity contribution in [2.24, 2.45) is 0 Å². The molecule has 4 nitrogen and oxygen atoms in total. The van der Waals surface area contributed by atoms with Gasteiger partial charge in [-0.3, -0.25) is 0 Å². The number of allylic oxidation sites excluding steroid dienone is 6. The highest BCUT2D eigenvalue weighted by Gasteiger charge is 2.42. The number of hydrogen-bond donors (Lipinski definition) is 0. The summed E-state index contributed by atoms with van der Waals surface area (Å²) >= 11 is 0. The van der Waals surface area contributed by atoms with E-state index in [1.165, 1.54) is 23.2 Å². The first-order valence-corrected chi connectivity index (χ1v) is 13.1. The van der Waals surface area contributed by atoms with E-state index in [4.69, 9.17) is 0 Å². The molecule has 0 amide bonds. The Balaban J connectivity index is 1.59. The van der Waals surface area contributed by atoms with Crippen molar-refractivity contribution in [1.82, 2.24) is 0 Å². The molecular weight excluding hydrogens is 428 g/mol. The highest BCUT2D eigenvalue weighted by molar-refractivity contribution is 7.90. The Morgan fingerprint density at radius 3 is 2.27 bits per heavy atom. The van der Waals surface area contributed by atoms with Gasteiger partial charge in [0, 0.05) is 47.8 Å². The number of anilines is 1. The Hall–Kier alpha value is -2.92. The number of para-hydroxylation sites is 1. The van der Waals surface area contributed by atoms with E-state index in [9.17, 15) is 8.42 Å². The number of sulfone groups is 1. The topological polar surface area (TPSA) is 40.4 Å². The van der Waals surface area contributed by atoms with Crippen LogP contribution in [0.4, 0.5) is 11.4 Å². The van der Waals surface area contributed by atoms with Crippen LogP contribution in [0.1, 0.15) is 38.8 Å². The molecule has 0 unspecified atom stereocenters. The molecule has 0 fully saturated rings. The Morgan fingerprint density at radius 1 is 0.909 bits per heavy atom. The highest BCUT2D eigenvalue weighted by Crippen LogP contribution is 2.47. The minimum Gasteiger partial charge on any atom is -0.347 e. The van der Waals surface area contributed by atoms with Crippen molar-refractivity contribution in [3.8, 4) is 0 Å². The van der Waals surface area contributed by atoms with Crippen LogP contribution in [0, 0.1) is 0 Å². The van der Waals surface area contributed by atoms with Gasteiger partial charge in [-0.1, -0.05) is 50.3 Å². The van der Waals surface area contributed by atoms with E-state index in [-0.39, 0.29) is 10.8 Å². The maximum absolute atomic E-state index is 12.0. The van der Waals surface area contributed by atoms with Gasteiger partial charge in [0.2, 0.25) is 5.69 Å². The molecule has 172 valence electrons. The zero-order valence-corrected chi connectivity index (χ0v) is 21.4. The average Bonchev–Trinajstić information content (AvgIpc) is 3.06. The molecule has 0 saturated heterocycles. The second-order valence-corrected chi connectivity index (χ2v) is 12.0. The maximum Gasteiger partial charge on any atom is 0.209 e. The lowest BCUT2D eigenvalue weighted by atomic mass is 9.81. The van der Waals surface area contributed by atoms with Gasteiger partial charge in [-0.05, 0) is 43.7 Å². The van der Waals surface area contributed by atoms with E-state index < -0.39 is 9.84 Å². The van der Waals surface area contributed by atoms with Gasteiger partial charge >= 0.3 is 0 Å². The lowest BCUT2D eigenvalue weighted by Gasteiger charge is -2.23. The first-order chi connectivity index (χ1) is 15.4. The minimum absolute atomic E-state index is 0.0409. The van der Waals surface area contributed by atoms with Crippen LogP contribution in [0.5, 0.6) is 0 Å². The second kappa shape index (κ2) is 7.84. The lowest BCUT2D eigenvalue weighted by Crippen LogP contribution is -2.26. The summed E-state index contributed by atoms with van der Waals surface area (Å²) in [6.07, 6.45) is 11.8. The molecule has 0 bridgehead atoms.